The number of aliphatic carboxylic acids is 1. The number of urea groups is 1. The summed E-state index contributed by atoms with van der Waals surface area (Å²) in [5.41, 5.74) is 0. The number of carboxylic acids is 1. The molecule has 0 bridgehead atoms. The van der Waals surface area contributed by atoms with Gasteiger partial charge in [0.2, 0.25) is 0 Å². The van der Waals surface area contributed by atoms with Gasteiger partial charge < -0.3 is 20.5 Å². The van der Waals surface area contributed by atoms with Gasteiger partial charge in [-0.3, -0.25) is 4.79 Å². The van der Waals surface area contributed by atoms with Gasteiger partial charge in [0, 0.05) is 6.54 Å². The maximum absolute atomic E-state index is 11.4. The molecule has 0 aliphatic carbocycles. The zero-order valence-corrected chi connectivity index (χ0v) is 9.53. The van der Waals surface area contributed by atoms with Crippen molar-refractivity contribution in [2.75, 3.05) is 19.8 Å². The van der Waals surface area contributed by atoms with Crippen molar-refractivity contribution in [2.24, 2.45) is 11.8 Å². The van der Waals surface area contributed by atoms with Crippen molar-refractivity contribution in [3.8, 4) is 0 Å². The van der Waals surface area contributed by atoms with Crippen molar-refractivity contribution in [1.82, 2.24) is 10.6 Å². The Morgan fingerprint density at radius 3 is 2.69 bits per heavy atom. The molecule has 0 aromatic rings. The number of hydrogen-bond acceptors (Lipinski definition) is 3. The zero-order valence-electron chi connectivity index (χ0n) is 9.53. The van der Waals surface area contributed by atoms with Crippen molar-refractivity contribution in [3.05, 3.63) is 0 Å². The van der Waals surface area contributed by atoms with Crippen LogP contribution in [-0.2, 0) is 9.53 Å². The van der Waals surface area contributed by atoms with E-state index in [1.165, 1.54) is 0 Å². The van der Waals surface area contributed by atoms with Crippen LogP contribution in [0.15, 0.2) is 0 Å². The number of carbonyl (C=O) groups is 2. The molecule has 6 heteroatoms. The molecule has 16 heavy (non-hydrogen) atoms. The Labute approximate surface area is 94.3 Å². The number of ether oxygens (including phenoxy) is 1. The largest absolute Gasteiger partial charge is 0.481 e. The Balaban J connectivity index is 2.35. The SMILES string of the molecule is CC(C)CNC(=O)NC1COCC1C(=O)O. The van der Waals surface area contributed by atoms with Gasteiger partial charge in [-0.05, 0) is 5.92 Å². The Morgan fingerprint density at radius 2 is 2.12 bits per heavy atom. The lowest BCUT2D eigenvalue weighted by molar-refractivity contribution is -0.142. The van der Waals surface area contributed by atoms with Gasteiger partial charge >= 0.3 is 12.0 Å². The predicted octanol–water partition coefficient (Wildman–Crippen LogP) is 0.0412. The van der Waals surface area contributed by atoms with E-state index in [4.69, 9.17) is 9.84 Å². The highest BCUT2D eigenvalue weighted by Gasteiger charge is 2.34. The molecule has 1 heterocycles. The highest BCUT2D eigenvalue weighted by atomic mass is 16.5. The molecule has 0 saturated carbocycles. The van der Waals surface area contributed by atoms with E-state index in [-0.39, 0.29) is 19.2 Å². The van der Waals surface area contributed by atoms with Gasteiger partial charge in [-0.25, -0.2) is 4.79 Å². The van der Waals surface area contributed by atoms with Crippen molar-refractivity contribution < 1.29 is 19.4 Å². The number of rotatable bonds is 4. The van der Waals surface area contributed by atoms with Gasteiger partial charge in [0.15, 0.2) is 0 Å². The van der Waals surface area contributed by atoms with E-state index in [0.717, 1.165) is 0 Å². The van der Waals surface area contributed by atoms with Crippen LogP contribution in [0.5, 0.6) is 0 Å². The molecule has 1 aliphatic rings. The lowest BCUT2D eigenvalue weighted by Crippen LogP contribution is -2.47. The maximum atomic E-state index is 11.4. The highest BCUT2D eigenvalue weighted by Crippen LogP contribution is 2.13. The first-order chi connectivity index (χ1) is 7.50. The monoisotopic (exact) mass is 230 g/mol. The van der Waals surface area contributed by atoms with Gasteiger partial charge in [-0.15, -0.1) is 0 Å². The van der Waals surface area contributed by atoms with Gasteiger partial charge in [0.05, 0.1) is 19.3 Å². The van der Waals surface area contributed by atoms with Crippen LogP contribution in [0, 0.1) is 11.8 Å². The van der Waals surface area contributed by atoms with Gasteiger partial charge in [-0.1, -0.05) is 13.8 Å². The normalized spacial score (nSPS) is 24.4. The summed E-state index contributed by atoms with van der Waals surface area (Å²) < 4.78 is 5.03. The first-order valence-electron chi connectivity index (χ1n) is 5.35. The molecule has 0 spiro atoms. The van der Waals surface area contributed by atoms with Crippen LogP contribution in [0.2, 0.25) is 0 Å². The number of carbonyl (C=O) groups excluding carboxylic acids is 1. The minimum absolute atomic E-state index is 0.157. The van der Waals surface area contributed by atoms with Crippen molar-refractivity contribution in [3.63, 3.8) is 0 Å². The average Bonchev–Trinajstić information content (AvgIpc) is 2.62. The van der Waals surface area contributed by atoms with Crippen molar-refractivity contribution in [1.29, 1.82) is 0 Å². The zero-order chi connectivity index (χ0) is 12.1. The van der Waals surface area contributed by atoms with Crippen LogP contribution in [0.25, 0.3) is 0 Å². The number of hydrogen-bond donors (Lipinski definition) is 3. The number of nitrogens with one attached hydrogen (secondary N) is 2. The Bertz CT molecular complexity index is 268. The lowest BCUT2D eigenvalue weighted by atomic mass is 10.0. The fourth-order valence-corrected chi connectivity index (χ4v) is 1.46. The summed E-state index contributed by atoms with van der Waals surface area (Å²) in [5, 5.41) is 14.1. The highest BCUT2D eigenvalue weighted by molar-refractivity contribution is 5.77. The van der Waals surface area contributed by atoms with Gasteiger partial charge in [0.1, 0.15) is 5.92 Å². The molecule has 1 rings (SSSR count). The summed E-state index contributed by atoms with van der Waals surface area (Å²) in [5.74, 6) is -1.22. The second kappa shape index (κ2) is 5.69. The summed E-state index contributed by atoms with van der Waals surface area (Å²) in [6, 6.07) is -0.778. The fourth-order valence-electron chi connectivity index (χ4n) is 1.46. The van der Waals surface area contributed by atoms with Crippen molar-refractivity contribution >= 4 is 12.0 Å². The molecule has 1 aliphatic heterocycles. The minimum atomic E-state index is -0.938. The molecule has 92 valence electrons. The molecular formula is C10H18N2O4. The Kier molecular flexibility index (Phi) is 4.54. The van der Waals surface area contributed by atoms with Gasteiger partial charge in [0.25, 0.3) is 0 Å². The third kappa shape index (κ3) is 3.69. The third-order valence-corrected chi connectivity index (χ3v) is 2.39. The van der Waals surface area contributed by atoms with Crippen LogP contribution in [0.4, 0.5) is 4.79 Å². The maximum Gasteiger partial charge on any atom is 0.315 e. The molecule has 6 nitrogen and oxygen atoms in total. The number of amides is 2. The first-order valence-corrected chi connectivity index (χ1v) is 5.35. The van der Waals surface area contributed by atoms with E-state index in [1.807, 2.05) is 13.8 Å². The van der Waals surface area contributed by atoms with Crippen LogP contribution < -0.4 is 10.6 Å². The minimum Gasteiger partial charge on any atom is -0.481 e. The van der Waals surface area contributed by atoms with E-state index in [9.17, 15) is 9.59 Å². The third-order valence-electron chi connectivity index (χ3n) is 2.39. The van der Waals surface area contributed by atoms with E-state index in [2.05, 4.69) is 10.6 Å². The lowest BCUT2D eigenvalue weighted by Gasteiger charge is -2.16. The molecule has 2 atom stereocenters. The summed E-state index contributed by atoms with van der Waals surface area (Å²) in [4.78, 5) is 22.2. The Morgan fingerprint density at radius 1 is 1.44 bits per heavy atom. The second-order valence-electron chi connectivity index (χ2n) is 4.34. The molecule has 3 N–H and O–H groups in total. The first kappa shape index (κ1) is 12.8. The van der Waals surface area contributed by atoms with Crippen LogP contribution in [-0.4, -0.2) is 42.9 Å². The Hall–Kier alpha value is -1.30. The van der Waals surface area contributed by atoms with E-state index >= 15 is 0 Å². The summed E-state index contributed by atoms with van der Waals surface area (Å²) in [7, 11) is 0. The molecule has 2 amide bonds. The van der Waals surface area contributed by atoms with Crippen LogP contribution in [0.3, 0.4) is 0 Å². The van der Waals surface area contributed by atoms with Crippen LogP contribution >= 0.6 is 0 Å². The molecule has 0 radical (unpaired) electrons. The van der Waals surface area contributed by atoms with E-state index < -0.39 is 17.9 Å². The fraction of sp³-hybridized carbons (Fsp3) is 0.800. The molecule has 0 aromatic carbocycles. The molecule has 1 fully saturated rings. The summed E-state index contributed by atoms with van der Waals surface area (Å²) >= 11 is 0. The molecule has 2 unspecified atom stereocenters. The molecule has 1 saturated heterocycles. The standard InChI is InChI=1S/C10H18N2O4/c1-6(2)3-11-10(15)12-8-5-16-4-7(8)9(13)14/h6-8H,3-5H2,1-2H3,(H,13,14)(H2,11,12,15). The quantitative estimate of drug-likeness (QED) is 0.636. The topological polar surface area (TPSA) is 87.7 Å². The molecule has 0 aromatic heterocycles. The summed E-state index contributed by atoms with van der Waals surface area (Å²) in [6.07, 6.45) is 0. The van der Waals surface area contributed by atoms with E-state index in [0.29, 0.717) is 12.5 Å². The summed E-state index contributed by atoms with van der Waals surface area (Å²) in [6.45, 7) is 4.95. The second-order valence-corrected chi connectivity index (χ2v) is 4.34. The smallest absolute Gasteiger partial charge is 0.315 e. The molecular weight excluding hydrogens is 212 g/mol. The van der Waals surface area contributed by atoms with Crippen LogP contribution in [0.1, 0.15) is 13.8 Å². The predicted molar refractivity (Wildman–Crippen MR) is 57.1 cm³/mol. The average molecular weight is 230 g/mol. The van der Waals surface area contributed by atoms with E-state index in [1.54, 1.807) is 0 Å². The number of carboxylic acid groups (broad SMARTS) is 1. The van der Waals surface area contributed by atoms with Crippen molar-refractivity contribution in [2.45, 2.75) is 19.9 Å². The van der Waals surface area contributed by atoms with Gasteiger partial charge in [-0.2, -0.15) is 0 Å².